The molecular weight excluding hydrogens is 350 g/mol. The number of aromatic nitrogens is 2. The van der Waals surface area contributed by atoms with E-state index in [1.807, 2.05) is 41.0 Å². The molecule has 0 aliphatic carbocycles. The van der Waals surface area contributed by atoms with Crippen LogP contribution in [-0.2, 0) is 17.9 Å². The molecule has 3 rings (SSSR count). The molecule has 146 valence electrons. The maximum Gasteiger partial charge on any atom is 0.320 e. The molecule has 1 N–H and O–H groups in total. The number of hydrogen-bond acceptors (Lipinski definition) is 3. The summed E-state index contributed by atoms with van der Waals surface area (Å²) in [4.78, 5) is 13.2. The van der Waals surface area contributed by atoms with Crippen molar-refractivity contribution in [1.29, 1.82) is 0 Å². The molecule has 0 saturated carbocycles. The molecule has 2 aromatic carbocycles. The number of likely N-dealkylation sites (N-methyl/N-ethyl adjacent to an activating group) is 1. The first-order valence-electron chi connectivity index (χ1n) is 9.46. The minimum Gasteiger partial charge on any atom is -0.480 e. The molecule has 5 heteroatoms. The van der Waals surface area contributed by atoms with Gasteiger partial charge in [-0.05, 0) is 50.6 Å². The summed E-state index contributed by atoms with van der Waals surface area (Å²) >= 11 is 0. The van der Waals surface area contributed by atoms with E-state index in [2.05, 4.69) is 44.2 Å². The van der Waals surface area contributed by atoms with Gasteiger partial charge < -0.3 is 5.11 Å². The topological polar surface area (TPSA) is 58.4 Å². The van der Waals surface area contributed by atoms with Crippen LogP contribution >= 0.6 is 0 Å². The quantitative estimate of drug-likeness (QED) is 0.673. The van der Waals surface area contributed by atoms with Crippen molar-refractivity contribution in [3.05, 3.63) is 77.0 Å². The zero-order valence-corrected chi connectivity index (χ0v) is 16.9. The second kappa shape index (κ2) is 8.40. The van der Waals surface area contributed by atoms with Gasteiger partial charge >= 0.3 is 5.97 Å². The van der Waals surface area contributed by atoms with E-state index >= 15 is 0 Å². The SMILES string of the molecule is Cc1ccc(-c2nn(Cc3ccccc3)cc2CN(C)C(C)C(=O)O)cc1C. The molecule has 1 atom stereocenters. The van der Waals surface area contributed by atoms with Gasteiger partial charge in [-0.15, -0.1) is 0 Å². The first-order valence-corrected chi connectivity index (χ1v) is 9.46. The van der Waals surface area contributed by atoms with Gasteiger partial charge in [0.15, 0.2) is 0 Å². The Hall–Kier alpha value is -2.92. The van der Waals surface area contributed by atoms with Gasteiger partial charge in [0.1, 0.15) is 6.04 Å². The predicted octanol–water partition coefficient (Wildman–Crippen LogP) is 4.12. The van der Waals surface area contributed by atoms with Crippen LogP contribution < -0.4 is 0 Å². The van der Waals surface area contributed by atoms with E-state index in [1.165, 1.54) is 16.7 Å². The lowest BCUT2D eigenvalue weighted by molar-refractivity contribution is -0.142. The Morgan fingerprint density at radius 2 is 1.86 bits per heavy atom. The summed E-state index contributed by atoms with van der Waals surface area (Å²) < 4.78 is 1.94. The van der Waals surface area contributed by atoms with Crippen LogP contribution in [0.5, 0.6) is 0 Å². The molecule has 28 heavy (non-hydrogen) atoms. The van der Waals surface area contributed by atoms with Gasteiger partial charge in [-0.1, -0.05) is 42.5 Å². The summed E-state index contributed by atoms with van der Waals surface area (Å²) in [5.41, 5.74) is 6.62. The number of aryl methyl sites for hydroxylation is 2. The summed E-state index contributed by atoms with van der Waals surface area (Å²) in [6, 6.07) is 16.0. The van der Waals surface area contributed by atoms with Crippen molar-refractivity contribution < 1.29 is 9.90 Å². The monoisotopic (exact) mass is 377 g/mol. The summed E-state index contributed by atoms with van der Waals surface area (Å²) in [5, 5.41) is 14.2. The second-order valence-corrected chi connectivity index (χ2v) is 7.41. The Kier molecular flexibility index (Phi) is 5.95. The van der Waals surface area contributed by atoms with Crippen molar-refractivity contribution in [2.75, 3.05) is 7.05 Å². The van der Waals surface area contributed by atoms with Crippen LogP contribution in [0.3, 0.4) is 0 Å². The van der Waals surface area contributed by atoms with E-state index in [0.29, 0.717) is 13.1 Å². The van der Waals surface area contributed by atoms with Crippen LogP contribution in [-0.4, -0.2) is 38.8 Å². The molecule has 1 unspecified atom stereocenters. The van der Waals surface area contributed by atoms with Gasteiger partial charge in [-0.2, -0.15) is 5.10 Å². The third kappa shape index (κ3) is 4.49. The molecule has 0 fully saturated rings. The van der Waals surface area contributed by atoms with Crippen molar-refractivity contribution in [2.45, 2.75) is 39.9 Å². The number of carboxylic acid groups (broad SMARTS) is 1. The average molecular weight is 377 g/mol. The highest BCUT2D eigenvalue weighted by molar-refractivity contribution is 5.73. The predicted molar refractivity (Wildman–Crippen MR) is 111 cm³/mol. The second-order valence-electron chi connectivity index (χ2n) is 7.41. The lowest BCUT2D eigenvalue weighted by Gasteiger charge is -2.20. The number of carbonyl (C=O) groups is 1. The Bertz CT molecular complexity index is 963. The van der Waals surface area contributed by atoms with Crippen molar-refractivity contribution in [2.24, 2.45) is 0 Å². The zero-order valence-electron chi connectivity index (χ0n) is 16.9. The van der Waals surface area contributed by atoms with Crippen LogP contribution in [0.2, 0.25) is 0 Å². The first-order chi connectivity index (χ1) is 13.3. The van der Waals surface area contributed by atoms with E-state index in [1.54, 1.807) is 6.92 Å². The highest BCUT2D eigenvalue weighted by Crippen LogP contribution is 2.26. The summed E-state index contributed by atoms with van der Waals surface area (Å²) in [6.45, 7) is 7.09. The molecule has 5 nitrogen and oxygen atoms in total. The number of benzene rings is 2. The number of nitrogens with zero attached hydrogens (tertiary/aromatic N) is 3. The lowest BCUT2D eigenvalue weighted by atomic mass is 10.0. The fourth-order valence-corrected chi connectivity index (χ4v) is 3.16. The maximum atomic E-state index is 11.4. The van der Waals surface area contributed by atoms with Gasteiger partial charge in [-0.3, -0.25) is 14.4 Å². The normalized spacial score (nSPS) is 12.3. The number of carboxylic acids is 1. The fourth-order valence-electron chi connectivity index (χ4n) is 3.16. The molecular formula is C23H27N3O2. The van der Waals surface area contributed by atoms with Crippen molar-refractivity contribution in [1.82, 2.24) is 14.7 Å². The summed E-state index contributed by atoms with van der Waals surface area (Å²) in [6.07, 6.45) is 2.03. The average Bonchev–Trinajstić information content (AvgIpc) is 3.06. The summed E-state index contributed by atoms with van der Waals surface area (Å²) in [5.74, 6) is -0.827. The summed E-state index contributed by atoms with van der Waals surface area (Å²) in [7, 11) is 1.83. The van der Waals surface area contributed by atoms with Crippen LogP contribution in [0.25, 0.3) is 11.3 Å². The van der Waals surface area contributed by atoms with Gasteiger partial charge in [0, 0.05) is 23.9 Å². The van der Waals surface area contributed by atoms with E-state index in [0.717, 1.165) is 16.8 Å². The van der Waals surface area contributed by atoms with E-state index < -0.39 is 12.0 Å². The minimum absolute atomic E-state index is 0.518. The van der Waals surface area contributed by atoms with Gasteiger partial charge in [0.05, 0.1) is 12.2 Å². The Morgan fingerprint density at radius 3 is 2.50 bits per heavy atom. The smallest absolute Gasteiger partial charge is 0.320 e. The Morgan fingerprint density at radius 1 is 1.14 bits per heavy atom. The molecule has 1 aromatic heterocycles. The number of aliphatic carboxylic acids is 1. The molecule has 0 spiro atoms. The van der Waals surface area contributed by atoms with Gasteiger partial charge in [0.2, 0.25) is 0 Å². The van der Waals surface area contributed by atoms with Crippen LogP contribution in [0.4, 0.5) is 0 Å². The molecule has 3 aromatic rings. The minimum atomic E-state index is -0.827. The van der Waals surface area contributed by atoms with Crippen LogP contribution in [0.15, 0.2) is 54.7 Å². The van der Waals surface area contributed by atoms with E-state index in [-0.39, 0.29) is 0 Å². The maximum absolute atomic E-state index is 11.4. The van der Waals surface area contributed by atoms with Gasteiger partial charge in [0.25, 0.3) is 0 Å². The molecule has 0 aliphatic rings. The van der Waals surface area contributed by atoms with Crippen molar-refractivity contribution in [3.8, 4) is 11.3 Å². The van der Waals surface area contributed by atoms with Gasteiger partial charge in [-0.25, -0.2) is 0 Å². The standard InChI is InChI=1S/C23H27N3O2/c1-16-10-11-20(12-17(16)2)22-21(14-25(4)18(3)23(27)28)15-26(24-22)13-19-8-6-5-7-9-19/h5-12,15,18H,13-14H2,1-4H3,(H,27,28). The van der Waals surface area contributed by atoms with E-state index in [4.69, 9.17) is 5.10 Å². The zero-order chi connectivity index (χ0) is 20.3. The van der Waals surface area contributed by atoms with Crippen LogP contribution in [0, 0.1) is 13.8 Å². The molecule has 0 radical (unpaired) electrons. The molecule has 0 amide bonds. The van der Waals surface area contributed by atoms with Crippen molar-refractivity contribution >= 4 is 5.97 Å². The third-order valence-corrected chi connectivity index (χ3v) is 5.24. The first kappa shape index (κ1) is 19.8. The molecule has 1 heterocycles. The highest BCUT2D eigenvalue weighted by atomic mass is 16.4. The molecule has 0 bridgehead atoms. The molecule has 0 aliphatic heterocycles. The fraction of sp³-hybridized carbons (Fsp3) is 0.304. The Labute approximate surface area is 166 Å². The number of hydrogen-bond donors (Lipinski definition) is 1. The third-order valence-electron chi connectivity index (χ3n) is 5.24. The van der Waals surface area contributed by atoms with Crippen LogP contribution in [0.1, 0.15) is 29.2 Å². The molecule has 0 saturated heterocycles. The lowest BCUT2D eigenvalue weighted by Crippen LogP contribution is -2.35. The Balaban J connectivity index is 1.97. The van der Waals surface area contributed by atoms with Crippen molar-refractivity contribution in [3.63, 3.8) is 0 Å². The highest BCUT2D eigenvalue weighted by Gasteiger charge is 2.20. The largest absolute Gasteiger partial charge is 0.480 e. The van der Waals surface area contributed by atoms with E-state index in [9.17, 15) is 9.90 Å². The number of rotatable bonds is 7.